The van der Waals surface area contributed by atoms with Gasteiger partial charge in [0.1, 0.15) is 18.1 Å². The van der Waals surface area contributed by atoms with Crippen LogP contribution in [0.5, 0.6) is 11.5 Å². The number of hydrogen-bond donors (Lipinski definition) is 1. The molecule has 0 aromatic heterocycles. The first-order valence-electron chi connectivity index (χ1n) is 9.71. The minimum Gasteiger partial charge on any atom is -0.493 e. The summed E-state index contributed by atoms with van der Waals surface area (Å²) in [6.45, 7) is 11.1. The lowest BCUT2D eigenvalue weighted by Crippen LogP contribution is -2.32. The molecule has 4 nitrogen and oxygen atoms in total. The predicted octanol–water partition coefficient (Wildman–Crippen LogP) is 5.20. The van der Waals surface area contributed by atoms with Crippen LogP contribution in [0.3, 0.4) is 0 Å². The number of nitrogens with one attached hydrogen (secondary N) is 1. The van der Waals surface area contributed by atoms with Gasteiger partial charge in [0.15, 0.2) is 0 Å². The fourth-order valence-electron chi connectivity index (χ4n) is 2.91. The van der Waals surface area contributed by atoms with Crippen molar-refractivity contribution in [1.29, 1.82) is 0 Å². The highest BCUT2D eigenvalue weighted by atomic mass is 16.5. The van der Waals surface area contributed by atoms with Gasteiger partial charge in [-0.15, -0.1) is 0 Å². The summed E-state index contributed by atoms with van der Waals surface area (Å²) in [4.78, 5) is 12.5. The molecule has 146 valence electrons. The SMILES string of the molecule is CCC[C@@H](C)NC(=O)c1ccc(OCC)c(COc2ccc(C)c(C)c2)c1. The molecule has 2 aromatic carbocycles. The van der Waals surface area contributed by atoms with Gasteiger partial charge in [-0.05, 0) is 75.6 Å². The van der Waals surface area contributed by atoms with E-state index in [1.54, 1.807) is 6.07 Å². The Labute approximate surface area is 162 Å². The summed E-state index contributed by atoms with van der Waals surface area (Å²) in [5.74, 6) is 1.50. The van der Waals surface area contributed by atoms with Crippen LogP contribution < -0.4 is 14.8 Å². The number of carbonyl (C=O) groups excluding carboxylic acids is 1. The van der Waals surface area contributed by atoms with Crippen LogP contribution in [0.25, 0.3) is 0 Å². The maximum absolute atomic E-state index is 12.5. The molecule has 1 N–H and O–H groups in total. The van der Waals surface area contributed by atoms with E-state index in [0.29, 0.717) is 18.8 Å². The molecule has 1 amide bonds. The number of carbonyl (C=O) groups is 1. The average molecular weight is 370 g/mol. The van der Waals surface area contributed by atoms with Gasteiger partial charge in [0, 0.05) is 17.2 Å². The molecular weight excluding hydrogens is 338 g/mol. The molecule has 27 heavy (non-hydrogen) atoms. The highest BCUT2D eigenvalue weighted by Gasteiger charge is 2.13. The van der Waals surface area contributed by atoms with E-state index in [-0.39, 0.29) is 11.9 Å². The molecule has 0 saturated heterocycles. The molecule has 0 fully saturated rings. The quantitative estimate of drug-likeness (QED) is 0.661. The number of benzene rings is 2. The number of amides is 1. The minimum absolute atomic E-state index is 0.0635. The van der Waals surface area contributed by atoms with E-state index >= 15 is 0 Å². The zero-order valence-corrected chi connectivity index (χ0v) is 17.1. The van der Waals surface area contributed by atoms with Gasteiger partial charge in [-0.1, -0.05) is 19.4 Å². The topological polar surface area (TPSA) is 47.6 Å². The summed E-state index contributed by atoms with van der Waals surface area (Å²) >= 11 is 0. The Kier molecular flexibility index (Phi) is 7.71. The molecule has 0 saturated carbocycles. The molecular formula is C23H31NO3. The summed E-state index contributed by atoms with van der Waals surface area (Å²) in [6, 6.07) is 11.7. The third kappa shape index (κ3) is 6.02. The normalized spacial score (nSPS) is 11.7. The minimum atomic E-state index is -0.0635. The van der Waals surface area contributed by atoms with Gasteiger partial charge in [-0.3, -0.25) is 4.79 Å². The second-order valence-electron chi connectivity index (χ2n) is 6.95. The van der Waals surface area contributed by atoms with Crippen molar-refractivity contribution in [3.8, 4) is 11.5 Å². The number of rotatable bonds is 9. The van der Waals surface area contributed by atoms with Gasteiger partial charge in [0.2, 0.25) is 0 Å². The zero-order chi connectivity index (χ0) is 19.8. The first-order chi connectivity index (χ1) is 12.9. The van der Waals surface area contributed by atoms with Crippen molar-refractivity contribution < 1.29 is 14.3 Å². The zero-order valence-electron chi connectivity index (χ0n) is 17.1. The standard InChI is InChI=1S/C23H31NO3/c1-6-8-18(5)24-23(25)19-10-12-22(26-7-2)20(14-19)15-27-21-11-9-16(3)17(4)13-21/h9-14,18H,6-8,15H2,1-5H3,(H,24,25)/t18-/m1/s1. The summed E-state index contributed by atoms with van der Waals surface area (Å²) < 4.78 is 11.7. The van der Waals surface area contributed by atoms with Crippen LogP contribution in [0.2, 0.25) is 0 Å². The van der Waals surface area contributed by atoms with Crippen LogP contribution in [0.1, 0.15) is 60.7 Å². The molecule has 0 spiro atoms. The number of ether oxygens (including phenoxy) is 2. The van der Waals surface area contributed by atoms with E-state index in [2.05, 4.69) is 26.1 Å². The lowest BCUT2D eigenvalue weighted by Gasteiger charge is -2.16. The average Bonchev–Trinajstić information content (AvgIpc) is 2.64. The fraction of sp³-hybridized carbons (Fsp3) is 0.435. The van der Waals surface area contributed by atoms with Gasteiger partial charge in [0.05, 0.1) is 6.61 Å². The summed E-state index contributed by atoms with van der Waals surface area (Å²) in [5, 5.41) is 3.04. The van der Waals surface area contributed by atoms with Crippen LogP contribution in [0, 0.1) is 13.8 Å². The molecule has 0 heterocycles. The monoisotopic (exact) mass is 369 g/mol. The molecule has 2 rings (SSSR count). The van der Waals surface area contributed by atoms with Crippen molar-refractivity contribution >= 4 is 5.91 Å². The second kappa shape index (κ2) is 10.0. The fourth-order valence-corrected chi connectivity index (χ4v) is 2.91. The van der Waals surface area contributed by atoms with E-state index in [4.69, 9.17) is 9.47 Å². The van der Waals surface area contributed by atoms with Crippen molar-refractivity contribution in [2.75, 3.05) is 6.61 Å². The van der Waals surface area contributed by atoms with Crippen molar-refractivity contribution in [2.24, 2.45) is 0 Å². The molecule has 0 unspecified atom stereocenters. The Hall–Kier alpha value is -2.49. The Morgan fingerprint density at radius 3 is 2.48 bits per heavy atom. The second-order valence-corrected chi connectivity index (χ2v) is 6.95. The van der Waals surface area contributed by atoms with Crippen molar-refractivity contribution in [2.45, 2.75) is 60.1 Å². The molecule has 2 aromatic rings. The Morgan fingerprint density at radius 1 is 1.04 bits per heavy atom. The lowest BCUT2D eigenvalue weighted by molar-refractivity contribution is 0.0938. The van der Waals surface area contributed by atoms with E-state index in [9.17, 15) is 4.79 Å². The summed E-state index contributed by atoms with van der Waals surface area (Å²) in [6.07, 6.45) is 2.01. The molecule has 1 atom stereocenters. The number of hydrogen-bond acceptors (Lipinski definition) is 3. The van der Waals surface area contributed by atoms with Crippen LogP contribution in [0.15, 0.2) is 36.4 Å². The Balaban J connectivity index is 2.16. The van der Waals surface area contributed by atoms with Gasteiger partial charge in [-0.25, -0.2) is 0 Å². The third-order valence-electron chi connectivity index (χ3n) is 4.59. The van der Waals surface area contributed by atoms with Crippen LogP contribution in [-0.4, -0.2) is 18.6 Å². The van der Waals surface area contributed by atoms with E-state index in [1.165, 1.54) is 11.1 Å². The van der Waals surface area contributed by atoms with E-state index < -0.39 is 0 Å². The van der Waals surface area contributed by atoms with E-state index in [0.717, 1.165) is 29.9 Å². The highest BCUT2D eigenvalue weighted by molar-refractivity contribution is 5.94. The first kappa shape index (κ1) is 20.8. The molecule has 0 aliphatic rings. The van der Waals surface area contributed by atoms with E-state index in [1.807, 2.05) is 44.2 Å². The lowest BCUT2D eigenvalue weighted by atomic mass is 10.1. The van der Waals surface area contributed by atoms with Gasteiger partial charge in [-0.2, -0.15) is 0 Å². The Bertz CT molecular complexity index is 770. The third-order valence-corrected chi connectivity index (χ3v) is 4.59. The van der Waals surface area contributed by atoms with Crippen molar-refractivity contribution in [3.05, 3.63) is 58.7 Å². The molecule has 0 bridgehead atoms. The van der Waals surface area contributed by atoms with Gasteiger partial charge in [0.25, 0.3) is 5.91 Å². The van der Waals surface area contributed by atoms with Crippen molar-refractivity contribution in [3.63, 3.8) is 0 Å². The van der Waals surface area contributed by atoms with Crippen LogP contribution >= 0.6 is 0 Å². The molecule has 0 aliphatic heterocycles. The molecule has 4 heteroatoms. The summed E-state index contributed by atoms with van der Waals surface area (Å²) in [5.41, 5.74) is 3.92. The Morgan fingerprint density at radius 2 is 1.81 bits per heavy atom. The maximum atomic E-state index is 12.5. The smallest absolute Gasteiger partial charge is 0.251 e. The number of aryl methyl sites for hydroxylation is 2. The van der Waals surface area contributed by atoms with Crippen LogP contribution in [-0.2, 0) is 6.61 Å². The van der Waals surface area contributed by atoms with Crippen LogP contribution in [0.4, 0.5) is 0 Å². The van der Waals surface area contributed by atoms with Gasteiger partial charge < -0.3 is 14.8 Å². The van der Waals surface area contributed by atoms with Gasteiger partial charge >= 0.3 is 0 Å². The largest absolute Gasteiger partial charge is 0.493 e. The maximum Gasteiger partial charge on any atom is 0.251 e. The summed E-state index contributed by atoms with van der Waals surface area (Å²) in [7, 11) is 0. The predicted molar refractivity (Wildman–Crippen MR) is 110 cm³/mol. The molecule has 0 radical (unpaired) electrons. The highest BCUT2D eigenvalue weighted by Crippen LogP contribution is 2.24. The van der Waals surface area contributed by atoms with Crippen molar-refractivity contribution in [1.82, 2.24) is 5.32 Å². The first-order valence-corrected chi connectivity index (χ1v) is 9.71. The molecule has 0 aliphatic carbocycles.